The van der Waals surface area contributed by atoms with Crippen molar-refractivity contribution in [1.82, 2.24) is 15.1 Å². The molecule has 0 fully saturated rings. The summed E-state index contributed by atoms with van der Waals surface area (Å²) in [5.74, 6) is 0.568. The maximum absolute atomic E-state index is 8.84. The summed E-state index contributed by atoms with van der Waals surface area (Å²) in [6.45, 7) is 4.20. The summed E-state index contributed by atoms with van der Waals surface area (Å²) in [6, 6.07) is 2.01. The fourth-order valence-corrected chi connectivity index (χ4v) is 1.59. The third kappa shape index (κ3) is 4.44. The van der Waals surface area contributed by atoms with Crippen LogP contribution in [0.25, 0.3) is 0 Å². The Kier molecular flexibility index (Phi) is 5.36. The summed E-state index contributed by atoms with van der Waals surface area (Å²) in [4.78, 5) is 0. The summed E-state index contributed by atoms with van der Waals surface area (Å²) in [7, 11) is 1.92. The Balaban J connectivity index is 2.20. The van der Waals surface area contributed by atoms with Crippen LogP contribution >= 0.6 is 0 Å². The fourth-order valence-electron chi connectivity index (χ4n) is 1.59. The van der Waals surface area contributed by atoms with Crippen LogP contribution in [0.2, 0.25) is 0 Å². The Morgan fingerprint density at radius 3 is 2.93 bits per heavy atom. The lowest BCUT2D eigenvalue weighted by atomic mass is 10.0. The van der Waals surface area contributed by atoms with E-state index < -0.39 is 0 Å². The van der Waals surface area contributed by atoms with Gasteiger partial charge in [0.1, 0.15) is 0 Å². The van der Waals surface area contributed by atoms with Crippen LogP contribution in [0.1, 0.15) is 25.5 Å². The van der Waals surface area contributed by atoms with Gasteiger partial charge in [-0.05, 0) is 24.9 Å². The molecule has 1 rings (SSSR count). The van der Waals surface area contributed by atoms with Crippen LogP contribution in [-0.2, 0) is 13.6 Å². The van der Waals surface area contributed by atoms with E-state index in [2.05, 4.69) is 17.3 Å². The van der Waals surface area contributed by atoms with Gasteiger partial charge in [-0.25, -0.2) is 0 Å². The Morgan fingerprint density at radius 2 is 2.40 bits per heavy atom. The molecule has 86 valence electrons. The molecule has 0 aromatic carbocycles. The third-order valence-electron chi connectivity index (χ3n) is 2.62. The molecule has 1 aromatic rings. The van der Waals surface area contributed by atoms with Gasteiger partial charge in [-0.2, -0.15) is 5.10 Å². The smallest absolute Gasteiger partial charge is 0.0762 e. The van der Waals surface area contributed by atoms with E-state index in [1.54, 1.807) is 0 Å². The minimum Gasteiger partial charge on any atom is -0.396 e. The lowest BCUT2D eigenvalue weighted by molar-refractivity contribution is 0.251. The summed E-state index contributed by atoms with van der Waals surface area (Å²) in [5, 5.41) is 16.5. The summed E-state index contributed by atoms with van der Waals surface area (Å²) in [5.41, 5.74) is 1.07. The second-order valence-corrected chi connectivity index (χ2v) is 3.90. The van der Waals surface area contributed by atoms with Crippen LogP contribution < -0.4 is 5.32 Å². The first-order valence-electron chi connectivity index (χ1n) is 5.56. The van der Waals surface area contributed by atoms with Gasteiger partial charge >= 0.3 is 0 Å². The second-order valence-electron chi connectivity index (χ2n) is 3.90. The normalized spacial score (nSPS) is 13.0. The standard InChI is InChI=1S/C11H21N3O/c1-3-10(5-7-15)8-12-9-11-4-6-14(2)13-11/h4,6,10,12,15H,3,5,7-9H2,1-2H3. The predicted molar refractivity (Wildman–Crippen MR) is 60.4 cm³/mol. The first-order valence-corrected chi connectivity index (χ1v) is 5.56. The molecule has 1 aromatic heterocycles. The number of rotatable bonds is 7. The minimum absolute atomic E-state index is 0.282. The van der Waals surface area contributed by atoms with Crippen molar-refractivity contribution in [1.29, 1.82) is 0 Å². The maximum atomic E-state index is 8.84. The van der Waals surface area contributed by atoms with Crippen LogP contribution in [0.4, 0.5) is 0 Å². The zero-order valence-electron chi connectivity index (χ0n) is 9.61. The topological polar surface area (TPSA) is 50.1 Å². The van der Waals surface area contributed by atoms with Crippen molar-refractivity contribution in [3.63, 3.8) is 0 Å². The van der Waals surface area contributed by atoms with E-state index in [1.807, 2.05) is 24.0 Å². The monoisotopic (exact) mass is 211 g/mol. The Bertz CT molecular complexity index is 273. The molecular weight excluding hydrogens is 190 g/mol. The molecule has 0 saturated carbocycles. The van der Waals surface area contributed by atoms with Gasteiger partial charge in [0.15, 0.2) is 0 Å². The number of aryl methyl sites for hydroxylation is 1. The van der Waals surface area contributed by atoms with E-state index in [1.165, 1.54) is 0 Å². The van der Waals surface area contributed by atoms with E-state index in [4.69, 9.17) is 5.11 Å². The fraction of sp³-hybridized carbons (Fsp3) is 0.727. The van der Waals surface area contributed by atoms with E-state index in [-0.39, 0.29) is 6.61 Å². The van der Waals surface area contributed by atoms with E-state index in [0.29, 0.717) is 5.92 Å². The lowest BCUT2D eigenvalue weighted by Crippen LogP contribution is -2.23. The molecule has 0 saturated heterocycles. The lowest BCUT2D eigenvalue weighted by Gasteiger charge is -2.13. The van der Waals surface area contributed by atoms with Crippen LogP contribution in [-0.4, -0.2) is 28.0 Å². The van der Waals surface area contributed by atoms with Crippen molar-refractivity contribution in [3.05, 3.63) is 18.0 Å². The Labute approximate surface area is 91.3 Å². The van der Waals surface area contributed by atoms with Gasteiger partial charge in [0, 0.05) is 26.4 Å². The van der Waals surface area contributed by atoms with Gasteiger partial charge in [-0.15, -0.1) is 0 Å². The van der Waals surface area contributed by atoms with E-state index >= 15 is 0 Å². The third-order valence-corrected chi connectivity index (χ3v) is 2.62. The van der Waals surface area contributed by atoms with Crippen LogP contribution in [0, 0.1) is 5.92 Å². The van der Waals surface area contributed by atoms with E-state index in [0.717, 1.165) is 31.6 Å². The molecule has 15 heavy (non-hydrogen) atoms. The van der Waals surface area contributed by atoms with Gasteiger partial charge in [0.2, 0.25) is 0 Å². The first-order chi connectivity index (χ1) is 7.26. The van der Waals surface area contributed by atoms with Gasteiger partial charge < -0.3 is 10.4 Å². The molecule has 0 aliphatic heterocycles. The number of aliphatic hydroxyl groups is 1. The zero-order chi connectivity index (χ0) is 11.1. The van der Waals surface area contributed by atoms with Crippen LogP contribution in [0.5, 0.6) is 0 Å². The SMILES string of the molecule is CCC(CCO)CNCc1ccn(C)n1. The molecule has 1 atom stereocenters. The van der Waals surface area contributed by atoms with Crippen molar-refractivity contribution in [3.8, 4) is 0 Å². The number of aliphatic hydroxyl groups excluding tert-OH is 1. The number of nitrogens with zero attached hydrogens (tertiary/aromatic N) is 2. The summed E-state index contributed by atoms with van der Waals surface area (Å²) < 4.78 is 1.81. The maximum Gasteiger partial charge on any atom is 0.0762 e. The molecule has 4 nitrogen and oxygen atoms in total. The molecule has 0 spiro atoms. The molecule has 1 unspecified atom stereocenters. The summed E-state index contributed by atoms with van der Waals surface area (Å²) in [6.07, 6.45) is 3.93. The second kappa shape index (κ2) is 6.58. The Hall–Kier alpha value is -0.870. The molecule has 0 aliphatic carbocycles. The highest BCUT2D eigenvalue weighted by Gasteiger charge is 2.05. The molecule has 2 N–H and O–H groups in total. The van der Waals surface area contributed by atoms with Crippen molar-refractivity contribution in [2.24, 2.45) is 13.0 Å². The van der Waals surface area contributed by atoms with Gasteiger partial charge in [0.25, 0.3) is 0 Å². The number of nitrogens with one attached hydrogen (secondary N) is 1. The molecule has 1 heterocycles. The minimum atomic E-state index is 0.282. The average molecular weight is 211 g/mol. The molecule has 0 bridgehead atoms. The number of hydrogen-bond donors (Lipinski definition) is 2. The van der Waals surface area contributed by atoms with Crippen molar-refractivity contribution >= 4 is 0 Å². The highest BCUT2D eigenvalue weighted by Crippen LogP contribution is 2.05. The Morgan fingerprint density at radius 1 is 1.60 bits per heavy atom. The molecular formula is C11H21N3O. The van der Waals surface area contributed by atoms with Gasteiger partial charge in [0.05, 0.1) is 5.69 Å². The van der Waals surface area contributed by atoms with Gasteiger partial charge in [-0.3, -0.25) is 4.68 Å². The zero-order valence-corrected chi connectivity index (χ0v) is 9.61. The largest absolute Gasteiger partial charge is 0.396 e. The van der Waals surface area contributed by atoms with E-state index in [9.17, 15) is 0 Å². The quantitative estimate of drug-likeness (QED) is 0.705. The molecule has 4 heteroatoms. The molecule has 0 aliphatic rings. The van der Waals surface area contributed by atoms with Crippen molar-refractivity contribution in [2.45, 2.75) is 26.3 Å². The highest BCUT2D eigenvalue weighted by atomic mass is 16.3. The van der Waals surface area contributed by atoms with Crippen LogP contribution in [0.15, 0.2) is 12.3 Å². The number of hydrogen-bond acceptors (Lipinski definition) is 3. The van der Waals surface area contributed by atoms with Crippen molar-refractivity contribution < 1.29 is 5.11 Å². The predicted octanol–water partition coefficient (Wildman–Crippen LogP) is 0.918. The first kappa shape index (κ1) is 12.2. The van der Waals surface area contributed by atoms with Gasteiger partial charge in [-0.1, -0.05) is 13.3 Å². The van der Waals surface area contributed by atoms with Crippen LogP contribution in [0.3, 0.4) is 0 Å². The molecule has 0 amide bonds. The van der Waals surface area contributed by atoms with Crippen molar-refractivity contribution in [2.75, 3.05) is 13.2 Å². The number of aromatic nitrogens is 2. The average Bonchev–Trinajstić information content (AvgIpc) is 2.63. The summed E-state index contributed by atoms with van der Waals surface area (Å²) >= 11 is 0. The highest BCUT2D eigenvalue weighted by molar-refractivity contribution is 4.97. The molecule has 0 radical (unpaired) electrons.